The highest BCUT2D eigenvalue weighted by molar-refractivity contribution is 7.87. The SMILES string of the molecule is CC(Cc1nnc(Cc2nc3ccc(-c4ccc(Cl)s4)c(F)c3s2)o1)NS(N)(=O)=O. The Kier molecular flexibility index (Phi) is 5.88. The lowest BCUT2D eigenvalue weighted by molar-refractivity contribution is 0.438. The van der Waals surface area contributed by atoms with Gasteiger partial charge in [-0.25, -0.2) is 14.5 Å². The summed E-state index contributed by atoms with van der Waals surface area (Å²) in [6.45, 7) is 1.63. The zero-order chi connectivity index (χ0) is 21.5. The molecule has 0 aliphatic heterocycles. The second-order valence-electron chi connectivity index (χ2n) is 6.52. The van der Waals surface area contributed by atoms with Gasteiger partial charge in [0.05, 0.1) is 21.0 Å². The number of benzene rings is 1. The number of thiazole rings is 1. The van der Waals surface area contributed by atoms with Gasteiger partial charge in [-0.05, 0) is 31.2 Å². The molecule has 0 radical (unpaired) electrons. The van der Waals surface area contributed by atoms with Gasteiger partial charge in [0, 0.05) is 22.9 Å². The molecule has 0 aliphatic rings. The summed E-state index contributed by atoms with van der Waals surface area (Å²) in [6, 6.07) is 6.46. The lowest BCUT2D eigenvalue weighted by atomic mass is 10.1. The van der Waals surface area contributed by atoms with Gasteiger partial charge in [-0.3, -0.25) is 0 Å². The molecule has 8 nitrogen and oxygen atoms in total. The van der Waals surface area contributed by atoms with Gasteiger partial charge in [-0.2, -0.15) is 13.1 Å². The number of nitrogens with one attached hydrogen (secondary N) is 1. The molecule has 0 spiro atoms. The van der Waals surface area contributed by atoms with E-state index in [4.69, 9.17) is 21.2 Å². The number of rotatable bonds is 7. The average molecular weight is 488 g/mol. The molecule has 4 aromatic rings. The maximum atomic E-state index is 15.0. The maximum Gasteiger partial charge on any atom is 0.274 e. The Bertz CT molecular complexity index is 1320. The van der Waals surface area contributed by atoms with Crippen molar-refractivity contribution in [3.05, 3.63) is 51.2 Å². The van der Waals surface area contributed by atoms with E-state index < -0.39 is 16.3 Å². The standard InChI is InChI=1S/C17H15ClFN5O3S3/c1-8(24-30(20,25)26)6-13-22-23-14(27-13)7-15-21-10-3-2-9(16(19)17(10)29-15)11-4-5-12(18)28-11/h2-5,8,24H,6-7H2,1H3,(H2,20,25,26). The summed E-state index contributed by atoms with van der Waals surface area (Å²) in [5, 5.41) is 13.4. The molecule has 0 saturated heterocycles. The molecule has 30 heavy (non-hydrogen) atoms. The lowest BCUT2D eigenvalue weighted by Gasteiger charge is -2.08. The van der Waals surface area contributed by atoms with Crippen LogP contribution in [0.1, 0.15) is 23.7 Å². The smallest absolute Gasteiger partial charge is 0.274 e. The Hall–Kier alpha value is -1.96. The minimum Gasteiger partial charge on any atom is -0.425 e. The zero-order valence-corrected chi connectivity index (χ0v) is 18.6. The molecule has 0 bridgehead atoms. The average Bonchev–Trinajstić information content (AvgIpc) is 3.34. The molecule has 3 N–H and O–H groups in total. The summed E-state index contributed by atoms with van der Waals surface area (Å²) in [7, 11) is -3.82. The fourth-order valence-corrected chi connectivity index (χ4v) is 5.59. The van der Waals surface area contributed by atoms with Gasteiger partial charge in [0.1, 0.15) is 5.01 Å². The van der Waals surface area contributed by atoms with Gasteiger partial charge in [0.15, 0.2) is 5.82 Å². The van der Waals surface area contributed by atoms with Crippen molar-refractivity contribution in [2.24, 2.45) is 5.14 Å². The molecule has 1 aromatic carbocycles. The molecule has 1 atom stereocenters. The predicted molar refractivity (Wildman–Crippen MR) is 114 cm³/mol. The molecular formula is C17H15ClFN5O3S3. The van der Waals surface area contributed by atoms with Crippen molar-refractivity contribution in [2.45, 2.75) is 25.8 Å². The monoisotopic (exact) mass is 487 g/mol. The summed E-state index contributed by atoms with van der Waals surface area (Å²) in [4.78, 5) is 5.20. The minimum atomic E-state index is -3.82. The molecule has 0 fully saturated rings. The third-order valence-corrected chi connectivity index (χ3v) is 7.10. The van der Waals surface area contributed by atoms with Crippen LogP contribution in [0.2, 0.25) is 4.34 Å². The van der Waals surface area contributed by atoms with Gasteiger partial charge in [-0.15, -0.1) is 32.9 Å². The van der Waals surface area contributed by atoms with Gasteiger partial charge in [-0.1, -0.05) is 11.6 Å². The summed E-state index contributed by atoms with van der Waals surface area (Å²) < 4.78 is 46.0. The highest BCUT2D eigenvalue weighted by Gasteiger charge is 2.18. The van der Waals surface area contributed by atoms with Crippen LogP contribution >= 0.6 is 34.3 Å². The first-order valence-electron chi connectivity index (χ1n) is 8.63. The number of nitrogens with two attached hydrogens (primary N) is 1. The molecule has 4 rings (SSSR count). The highest BCUT2D eigenvalue weighted by atomic mass is 35.5. The van der Waals surface area contributed by atoms with Gasteiger partial charge in [0.2, 0.25) is 11.8 Å². The Balaban J connectivity index is 1.52. The Morgan fingerprint density at radius 2 is 2.00 bits per heavy atom. The molecule has 13 heteroatoms. The van der Waals surface area contributed by atoms with Crippen LogP contribution in [0.5, 0.6) is 0 Å². The molecule has 0 amide bonds. The van der Waals surface area contributed by atoms with Crippen LogP contribution in [0, 0.1) is 5.82 Å². The number of aromatic nitrogens is 3. The molecule has 0 saturated carbocycles. The van der Waals surface area contributed by atoms with E-state index in [1.54, 1.807) is 31.2 Å². The molecule has 0 aliphatic carbocycles. The van der Waals surface area contributed by atoms with Crippen LogP contribution in [0.15, 0.2) is 28.7 Å². The van der Waals surface area contributed by atoms with E-state index in [2.05, 4.69) is 19.9 Å². The van der Waals surface area contributed by atoms with E-state index in [1.165, 1.54) is 22.7 Å². The van der Waals surface area contributed by atoms with Crippen LogP contribution in [0.4, 0.5) is 4.39 Å². The van der Waals surface area contributed by atoms with Crippen LogP contribution in [0.25, 0.3) is 20.7 Å². The second kappa shape index (κ2) is 8.29. The van der Waals surface area contributed by atoms with Gasteiger partial charge in [0.25, 0.3) is 10.2 Å². The first kappa shape index (κ1) is 21.3. The Labute approximate surface area is 184 Å². The number of thiophene rings is 1. The van der Waals surface area contributed by atoms with E-state index in [1.807, 2.05) is 0 Å². The second-order valence-corrected chi connectivity index (χ2v) is 10.6. The van der Waals surface area contributed by atoms with Gasteiger partial charge < -0.3 is 4.42 Å². The molecular weight excluding hydrogens is 473 g/mol. The molecule has 158 valence electrons. The topological polar surface area (TPSA) is 124 Å². The van der Waals surface area contributed by atoms with Crippen molar-refractivity contribution in [2.75, 3.05) is 0 Å². The van der Waals surface area contributed by atoms with Crippen LogP contribution < -0.4 is 9.86 Å². The maximum absolute atomic E-state index is 15.0. The zero-order valence-electron chi connectivity index (χ0n) is 15.4. The van der Waals surface area contributed by atoms with Crippen molar-refractivity contribution in [3.63, 3.8) is 0 Å². The third kappa shape index (κ3) is 4.85. The van der Waals surface area contributed by atoms with Crippen molar-refractivity contribution in [3.8, 4) is 10.4 Å². The normalized spacial score (nSPS) is 13.2. The molecule has 3 heterocycles. The van der Waals surface area contributed by atoms with Crippen molar-refractivity contribution in [1.29, 1.82) is 0 Å². The number of fused-ring (bicyclic) bond motifs is 1. The van der Waals surface area contributed by atoms with Crippen molar-refractivity contribution in [1.82, 2.24) is 19.9 Å². The van der Waals surface area contributed by atoms with E-state index in [0.29, 0.717) is 31.0 Å². The fraction of sp³-hybridized carbons (Fsp3) is 0.235. The largest absolute Gasteiger partial charge is 0.425 e. The summed E-state index contributed by atoms with van der Waals surface area (Å²) in [6.07, 6.45) is 0.424. The summed E-state index contributed by atoms with van der Waals surface area (Å²) in [5.41, 5.74) is 1.02. The number of hydrogen-bond donors (Lipinski definition) is 2. The third-order valence-electron chi connectivity index (χ3n) is 4.04. The number of nitrogens with zero attached hydrogens (tertiary/aromatic N) is 3. The first-order chi connectivity index (χ1) is 14.2. The van der Waals surface area contributed by atoms with E-state index in [0.717, 1.165) is 4.88 Å². The van der Waals surface area contributed by atoms with Crippen LogP contribution in [0.3, 0.4) is 0 Å². The van der Waals surface area contributed by atoms with E-state index in [-0.39, 0.29) is 24.5 Å². The Morgan fingerprint density at radius 3 is 2.70 bits per heavy atom. The quantitative estimate of drug-likeness (QED) is 0.411. The van der Waals surface area contributed by atoms with Crippen molar-refractivity contribution >= 4 is 54.7 Å². The number of halogens is 2. The summed E-state index contributed by atoms with van der Waals surface area (Å²) in [5.74, 6) is 0.221. The van der Waals surface area contributed by atoms with E-state index >= 15 is 4.39 Å². The lowest BCUT2D eigenvalue weighted by Crippen LogP contribution is -2.38. The highest BCUT2D eigenvalue weighted by Crippen LogP contribution is 2.37. The van der Waals surface area contributed by atoms with Crippen molar-refractivity contribution < 1.29 is 17.2 Å². The predicted octanol–water partition coefficient (Wildman–Crippen LogP) is 3.52. The van der Waals surface area contributed by atoms with E-state index in [9.17, 15) is 8.42 Å². The minimum absolute atomic E-state index is 0.185. The number of hydrogen-bond acceptors (Lipinski definition) is 8. The summed E-state index contributed by atoms with van der Waals surface area (Å²) >= 11 is 8.49. The van der Waals surface area contributed by atoms with Crippen LogP contribution in [-0.2, 0) is 23.1 Å². The molecule has 3 aromatic heterocycles. The fourth-order valence-electron chi connectivity index (χ4n) is 2.89. The van der Waals surface area contributed by atoms with Crippen LogP contribution in [-0.4, -0.2) is 29.6 Å². The molecule has 1 unspecified atom stereocenters. The Morgan fingerprint density at radius 1 is 1.23 bits per heavy atom. The van der Waals surface area contributed by atoms with Gasteiger partial charge >= 0.3 is 0 Å². The first-order valence-corrected chi connectivity index (χ1v) is 12.2.